The van der Waals surface area contributed by atoms with Gasteiger partial charge < -0.3 is 0 Å². The van der Waals surface area contributed by atoms with E-state index in [2.05, 4.69) is 15.3 Å². The Kier molecular flexibility index (Phi) is 3.74. The number of halogens is 1. The van der Waals surface area contributed by atoms with E-state index in [1.807, 2.05) is 24.3 Å². The van der Waals surface area contributed by atoms with Gasteiger partial charge in [0.1, 0.15) is 12.1 Å². The maximum absolute atomic E-state index is 13.3. The second-order valence-electron chi connectivity index (χ2n) is 5.60. The maximum Gasteiger partial charge on any atom is 0.350 e. The van der Waals surface area contributed by atoms with E-state index in [1.165, 1.54) is 27.7 Å². The molecule has 0 aliphatic rings. The highest BCUT2D eigenvalue weighted by Crippen LogP contribution is 2.19. The predicted molar refractivity (Wildman–Crippen MR) is 90.9 cm³/mol. The van der Waals surface area contributed by atoms with E-state index in [1.54, 1.807) is 24.5 Å². The molecule has 0 bridgehead atoms. The van der Waals surface area contributed by atoms with Crippen molar-refractivity contribution in [1.82, 2.24) is 24.5 Å². The molecule has 0 atom stereocenters. The summed E-state index contributed by atoms with van der Waals surface area (Å²) in [6.45, 7) is 0.219. The number of benzene rings is 2. The number of H-pyrrole nitrogens is 1. The third-order valence-corrected chi connectivity index (χ3v) is 3.93. The summed E-state index contributed by atoms with van der Waals surface area (Å²) in [6.07, 6.45) is 5.00. The first-order chi connectivity index (χ1) is 12.2. The Hall–Kier alpha value is -3.48. The lowest BCUT2D eigenvalue weighted by Crippen LogP contribution is -2.24. The average molecular weight is 335 g/mol. The maximum atomic E-state index is 13.3. The first-order valence-electron chi connectivity index (χ1n) is 7.69. The van der Waals surface area contributed by atoms with Gasteiger partial charge in [0, 0.05) is 11.8 Å². The molecule has 6 nitrogen and oxygen atoms in total. The summed E-state index contributed by atoms with van der Waals surface area (Å²) < 4.78 is 16.0. The summed E-state index contributed by atoms with van der Waals surface area (Å²) in [6, 6.07) is 13.6. The largest absolute Gasteiger partial charge is 0.350 e. The van der Waals surface area contributed by atoms with E-state index in [0.29, 0.717) is 11.3 Å². The third kappa shape index (κ3) is 2.99. The average Bonchev–Trinajstić information content (AvgIpc) is 3.27. The SMILES string of the molecule is O=c1n(-c2ccc(-c3cn[nH]c3)cc2)cnn1Cc1cccc(F)c1. The van der Waals surface area contributed by atoms with Crippen LogP contribution in [0.3, 0.4) is 0 Å². The molecule has 4 rings (SSSR count). The zero-order chi connectivity index (χ0) is 17.2. The van der Waals surface area contributed by atoms with Gasteiger partial charge in [-0.15, -0.1) is 0 Å². The summed E-state index contributed by atoms with van der Waals surface area (Å²) in [5.74, 6) is -0.334. The van der Waals surface area contributed by atoms with E-state index in [-0.39, 0.29) is 18.1 Å². The van der Waals surface area contributed by atoms with Gasteiger partial charge in [0.05, 0.1) is 18.4 Å². The van der Waals surface area contributed by atoms with Gasteiger partial charge in [0.15, 0.2) is 0 Å². The number of aromatic amines is 1. The van der Waals surface area contributed by atoms with Crippen molar-refractivity contribution in [2.75, 3.05) is 0 Å². The monoisotopic (exact) mass is 335 g/mol. The molecule has 2 aromatic carbocycles. The highest BCUT2D eigenvalue weighted by atomic mass is 19.1. The molecule has 7 heteroatoms. The first kappa shape index (κ1) is 15.1. The van der Waals surface area contributed by atoms with Crippen molar-refractivity contribution in [2.45, 2.75) is 6.54 Å². The lowest BCUT2D eigenvalue weighted by Gasteiger charge is -2.03. The smallest absolute Gasteiger partial charge is 0.285 e. The van der Waals surface area contributed by atoms with Crippen LogP contribution in [0.2, 0.25) is 0 Å². The molecule has 0 radical (unpaired) electrons. The molecule has 0 amide bonds. The van der Waals surface area contributed by atoms with Crippen LogP contribution in [0.25, 0.3) is 16.8 Å². The number of rotatable bonds is 4. The Bertz CT molecular complexity index is 1050. The fourth-order valence-corrected chi connectivity index (χ4v) is 2.65. The van der Waals surface area contributed by atoms with Crippen molar-refractivity contribution in [1.29, 1.82) is 0 Å². The zero-order valence-electron chi connectivity index (χ0n) is 13.1. The van der Waals surface area contributed by atoms with Gasteiger partial charge >= 0.3 is 5.69 Å². The van der Waals surface area contributed by atoms with E-state index in [9.17, 15) is 9.18 Å². The normalized spacial score (nSPS) is 10.9. The molecule has 1 N–H and O–H groups in total. The van der Waals surface area contributed by atoms with Gasteiger partial charge in [0.25, 0.3) is 0 Å². The Labute approximate surface area is 142 Å². The Morgan fingerprint density at radius 1 is 1.08 bits per heavy atom. The van der Waals surface area contributed by atoms with Gasteiger partial charge in [-0.25, -0.2) is 18.4 Å². The first-order valence-corrected chi connectivity index (χ1v) is 7.69. The molecule has 2 heterocycles. The van der Waals surface area contributed by atoms with Crippen LogP contribution in [-0.4, -0.2) is 24.5 Å². The van der Waals surface area contributed by atoms with Gasteiger partial charge in [-0.2, -0.15) is 10.2 Å². The number of nitrogens with one attached hydrogen (secondary N) is 1. The molecule has 0 spiro atoms. The summed E-state index contributed by atoms with van der Waals surface area (Å²) in [5.41, 5.74) is 3.09. The highest BCUT2D eigenvalue weighted by molar-refractivity contribution is 5.62. The summed E-state index contributed by atoms with van der Waals surface area (Å²) >= 11 is 0. The zero-order valence-corrected chi connectivity index (χ0v) is 13.1. The van der Waals surface area contributed by atoms with Crippen LogP contribution in [0.4, 0.5) is 4.39 Å². The van der Waals surface area contributed by atoms with Gasteiger partial charge in [-0.05, 0) is 35.4 Å². The third-order valence-electron chi connectivity index (χ3n) is 3.93. The standard InChI is InChI=1S/C18H14FN5O/c19-16-3-1-2-13(8-16)11-24-18(25)23(12-22-24)17-6-4-14(5-7-17)15-9-20-21-10-15/h1-10,12H,11H2,(H,20,21). The van der Waals surface area contributed by atoms with E-state index < -0.39 is 0 Å². The van der Waals surface area contributed by atoms with Crippen molar-refractivity contribution in [3.05, 3.63) is 89.1 Å². The van der Waals surface area contributed by atoms with Crippen LogP contribution in [-0.2, 0) is 6.54 Å². The summed E-state index contributed by atoms with van der Waals surface area (Å²) in [7, 11) is 0. The van der Waals surface area contributed by atoms with Crippen molar-refractivity contribution in [3.8, 4) is 16.8 Å². The molecule has 2 aromatic heterocycles. The lowest BCUT2D eigenvalue weighted by molar-refractivity contribution is 0.614. The fourth-order valence-electron chi connectivity index (χ4n) is 2.65. The molecule has 0 aliphatic carbocycles. The van der Waals surface area contributed by atoms with Gasteiger partial charge in [0.2, 0.25) is 0 Å². The molecule has 0 unspecified atom stereocenters. The molecule has 0 fully saturated rings. The fraction of sp³-hybridized carbons (Fsp3) is 0.0556. The van der Waals surface area contributed by atoms with E-state index in [0.717, 1.165) is 11.1 Å². The molecule has 0 aliphatic heterocycles. The minimum absolute atomic E-state index is 0.219. The summed E-state index contributed by atoms with van der Waals surface area (Å²) in [5, 5.41) is 10.8. The molecule has 25 heavy (non-hydrogen) atoms. The van der Waals surface area contributed by atoms with Crippen LogP contribution >= 0.6 is 0 Å². The van der Waals surface area contributed by atoms with Crippen molar-refractivity contribution < 1.29 is 4.39 Å². The quantitative estimate of drug-likeness (QED) is 0.623. The predicted octanol–water partition coefficient (Wildman–Crippen LogP) is 2.61. The van der Waals surface area contributed by atoms with Crippen LogP contribution in [0.5, 0.6) is 0 Å². The van der Waals surface area contributed by atoms with Gasteiger partial charge in [-0.3, -0.25) is 5.10 Å². The molecule has 0 saturated carbocycles. The van der Waals surface area contributed by atoms with Crippen LogP contribution in [0.15, 0.2) is 72.0 Å². The van der Waals surface area contributed by atoms with Crippen LogP contribution in [0, 0.1) is 5.82 Å². The van der Waals surface area contributed by atoms with Crippen LogP contribution in [0.1, 0.15) is 5.56 Å². The second-order valence-corrected chi connectivity index (χ2v) is 5.60. The second kappa shape index (κ2) is 6.20. The van der Waals surface area contributed by atoms with Gasteiger partial charge in [-0.1, -0.05) is 24.3 Å². The molecule has 0 saturated heterocycles. The lowest BCUT2D eigenvalue weighted by atomic mass is 10.1. The number of hydrogen-bond acceptors (Lipinski definition) is 3. The topological polar surface area (TPSA) is 68.5 Å². The Morgan fingerprint density at radius 3 is 2.64 bits per heavy atom. The van der Waals surface area contributed by atoms with Crippen molar-refractivity contribution >= 4 is 0 Å². The van der Waals surface area contributed by atoms with E-state index >= 15 is 0 Å². The van der Waals surface area contributed by atoms with Crippen molar-refractivity contribution in [2.24, 2.45) is 0 Å². The number of hydrogen-bond donors (Lipinski definition) is 1. The number of aromatic nitrogens is 5. The van der Waals surface area contributed by atoms with Crippen LogP contribution < -0.4 is 5.69 Å². The van der Waals surface area contributed by atoms with E-state index in [4.69, 9.17) is 0 Å². The Morgan fingerprint density at radius 2 is 1.92 bits per heavy atom. The number of nitrogens with zero attached hydrogens (tertiary/aromatic N) is 4. The Balaban J connectivity index is 1.61. The molecular weight excluding hydrogens is 321 g/mol. The molecule has 124 valence electrons. The minimum Gasteiger partial charge on any atom is -0.285 e. The molecule has 4 aromatic rings. The minimum atomic E-state index is -0.334. The molecular formula is C18H14FN5O. The highest BCUT2D eigenvalue weighted by Gasteiger charge is 2.08. The van der Waals surface area contributed by atoms with Crippen molar-refractivity contribution in [3.63, 3.8) is 0 Å². The summed E-state index contributed by atoms with van der Waals surface area (Å²) in [4.78, 5) is 12.5.